The normalized spacial score (nSPS) is 39.2. The van der Waals surface area contributed by atoms with Gasteiger partial charge in [-0.1, -0.05) is 26.8 Å². The van der Waals surface area contributed by atoms with Gasteiger partial charge in [-0.05, 0) is 62.0 Å². The van der Waals surface area contributed by atoms with Gasteiger partial charge in [-0.2, -0.15) is 13.2 Å². The van der Waals surface area contributed by atoms with E-state index in [2.05, 4.69) is 25.7 Å². The first-order valence-electron chi connectivity index (χ1n) is 15.2. The first kappa shape index (κ1) is 34.4. The van der Waals surface area contributed by atoms with Gasteiger partial charge in [-0.25, -0.2) is 4.79 Å². The van der Waals surface area contributed by atoms with Gasteiger partial charge in [0.05, 0.1) is 24.7 Å². The number of hydrogen-bond acceptors (Lipinski definition) is 9. The average Bonchev–Trinajstić information content (AvgIpc) is 3.07. The number of aliphatic hydroxyl groups excluding tert-OH is 1. The van der Waals surface area contributed by atoms with Gasteiger partial charge in [0, 0.05) is 37.8 Å². The molecule has 5 rings (SSSR count). The molecule has 1 aliphatic heterocycles. The molecule has 13 heteroatoms. The first-order chi connectivity index (χ1) is 20.4. The van der Waals surface area contributed by atoms with Crippen LogP contribution < -0.4 is 5.32 Å². The van der Waals surface area contributed by atoms with Crippen molar-refractivity contribution in [2.24, 2.45) is 39.9 Å². The molecule has 0 unspecified atom stereocenters. The van der Waals surface area contributed by atoms with Crippen LogP contribution >= 0.6 is 0 Å². The number of aliphatic hydroxyl groups is 1. The Balaban J connectivity index is 0.000000566. The lowest BCUT2D eigenvalue weighted by molar-refractivity contribution is -0.272. The molecule has 2 bridgehead atoms. The lowest BCUT2D eigenvalue weighted by Gasteiger charge is -2.67. The highest BCUT2D eigenvalue weighted by Crippen LogP contribution is 2.72. The SMILES string of the molecule is C=C1C(=O)[C@]23[C@H](OC(=O)[C@H]4CCCNC4)[C@H]1C[C@H](O)[C@H]2[C@]1(COC(C)=O)CCCC(C)(C)[C@H]1C[C@H]3OC.O=C(O)C(F)(F)F. The number of fused-ring (bicyclic) bond motifs is 3. The fourth-order valence-electron chi connectivity index (χ4n) is 9.36. The monoisotopic (exact) mass is 631 g/mol. The Bertz CT molecular complexity index is 1170. The van der Waals surface area contributed by atoms with E-state index in [0.717, 1.165) is 38.6 Å². The van der Waals surface area contributed by atoms with Gasteiger partial charge in [0.25, 0.3) is 0 Å². The molecular weight excluding hydrogens is 587 g/mol. The van der Waals surface area contributed by atoms with Crippen molar-refractivity contribution in [2.45, 2.75) is 90.2 Å². The van der Waals surface area contributed by atoms with E-state index in [1.165, 1.54) is 6.92 Å². The number of methoxy groups -OCH3 is 1. The van der Waals surface area contributed by atoms with Gasteiger partial charge >= 0.3 is 24.1 Å². The minimum atomic E-state index is -5.08. The van der Waals surface area contributed by atoms with Crippen molar-refractivity contribution in [3.63, 3.8) is 0 Å². The molecule has 0 radical (unpaired) electrons. The third-order valence-electron chi connectivity index (χ3n) is 11.0. The van der Waals surface area contributed by atoms with Crippen molar-refractivity contribution in [1.82, 2.24) is 5.32 Å². The van der Waals surface area contributed by atoms with Crippen molar-refractivity contribution >= 4 is 23.7 Å². The van der Waals surface area contributed by atoms with Crippen LogP contribution in [0.15, 0.2) is 12.2 Å². The minimum absolute atomic E-state index is 0.0560. The molecule has 44 heavy (non-hydrogen) atoms. The Morgan fingerprint density at radius 3 is 2.34 bits per heavy atom. The highest BCUT2D eigenvalue weighted by atomic mass is 19.4. The van der Waals surface area contributed by atoms with Gasteiger partial charge < -0.3 is 29.7 Å². The molecule has 0 amide bonds. The van der Waals surface area contributed by atoms with Crippen LogP contribution in [0, 0.1) is 39.9 Å². The molecular formula is C31H44F3NO9. The fraction of sp³-hybridized carbons (Fsp3) is 0.806. The summed E-state index contributed by atoms with van der Waals surface area (Å²) in [4.78, 5) is 48.8. The summed E-state index contributed by atoms with van der Waals surface area (Å²) in [7, 11) is 1.61. The summed E-state index contributed by atoms with van der Waals surface area (Å²) in [6.45, 7) is 11.6. The maximum Gasteiger partial charge on any atom is 0.490 e. The molecule has 5 aliphatic rings. The van der Waals surface area contributed by atoms with Crippen LogP contribution in [0.4, 0.5) is 13.2 Å². The van der Waals surface area contributed by atoms with Crippen molar-refractivity contribution < 1.29 is 56.8 Å². The summed E-state index contributed by atoms with van der Waals surface area (Å²) >= 11 is 0. The van der Waals surface area contributed by atoms with Crippen molar-refractivity contribution in [2.75, 3.05) is 26.8 Å². The van der Waals surface area contributed by atoms with E-state index in [0.29, 0.717) is 25.0 Å². The number of rotatable bonds is 5. The lowest BCUT2D eigenvalue weighted by Crippen LogP contribution is -2.72. The molecule has 1 heterocycles. The Morgan fingerprint density at radius 1 is 1.14 bits per heavy atom. The third-order valence-corrected chi connectivity index (χ3v) is 11.0. The number of nitrogens with one attached hydrogen (secondary N) is 1. The third kappa shape index (κ3) is 5.68. The molecule has 4 aliphatic carbocycles. The molecule has 3 N–H and O–H groups in total. The Hall–Kier alpha value is -2.51. The van der Waals surface area contributed by atoms with Gasteiger partial charge in [-0.15, -0.1) is 0 Å². The number of esters is 2. The topological polar surface area (TPSA) is 148 Å². The van der Waals surface area contributed by atoms with Gasteiger partial charge in [0.15, 0.2) is 5.78 Å². The average molecular weight is 632 g/mol. The zero-order chi connectivity index (χ0) is 32.8. The van der Waals surface area contributed by atoms with E-state index in [9.17, 15) is 32.7 Å². The summed E-state index contributed by atoms with van der Waals surface area (Å²) < 4.78 is 49.9. The Labute approximate surface area is 255 Å². The summed E-state index contributed by atoms with van der Waals surface area (Å²) in [5, 5.41) is 22.2. The number of piperidine rings is 1. The second kappa shape index (κ2) is 12.4. The van der Waals surface area contributed by atoms with Crippen LogP contribution in [0.5, 0.6) is 0 Å². The standard InChI is InChI=1S/C29H43NO7.C2HF3O2/c1-16-19-12-20(32)23-28(15-36-17(2)31)10-7-9-27(3,4)21(28)13-22(35-5)29(23,24(16)33)25(19)37-26(34)18-8-6-11-30-14-18;3-2(4,5)1(6)7/h18-23,25,30,32H,1,6-15H2,2-5H3;(H,6,7)/t18-,19-,20-,21+,22+,23-,25+,28-,29+;/m0./s1. The van der Waals surface area contributed by atoms with Crippen LogP contribution in [0.2, 0.25) is 0 Å². The van der Waals surface area contributed by atoms with Crippen LogP contribution in [0.1, 0.15) is 65.7 Å². The first-order valence-corrected chi connectivity index (χ1v) is 15.2. The molecule has 0 aromatic rings. The number of aliphatic carboxylic acids is 1. The number of ether oxygens (including phenoxy) is 3. The zero-order valence-electron chi connectivity index (χ0n) is 25.7. The van der Waals surface area contributed by atoms with Crippen LogP contribution in [-0.4, -0.2) is 85.2 Å². The van der Waals surface area contributed by atoms with Crippen molar-refractivity contribution in [3.05, 3.63) is 12.2 Å². The van der Waals surface area contributed by atoms with Gasteiger partial charge in [-0.3, -0.25) is 14.4 Å². The molecule has 5 fully saturated rings. The smallest absolute Gasteiger partial charge is 0.475 e. The summed E-state index contributed by atoms with van der Waals surface area (Å²) in [5.41, 5.74) is -1.58. The Kier molecular flexibility index (Phi) is 9.65. The molecule has 9 atom stereocenters. The number of carbonyl (C=O) groups is 4. The number of Topliss-reactive ketones (excluding diaryl/α,β-unsaturated/α-hetero) is 1. The molecule has 0 aromatic carbocycles. The van der Waals surface area contributed by atoms with Crippen LogP contribution in [0.3, 0.4) is 0 Å². The van der Waals surface area contributed by atoms with E-state index in [-0.39, 0.29) is 41.6 Å². The molecule has 0 aromatic heterocycles. The van der Waals surface area contributed by atoms with Crippen LogP contribution in [-0.2, 0) is 33.4 Å². The van der Waals surface area contributed by atoms with Gasteiger partial charge in [0.2, 0.25) is 0 Å². The van der Waals surface area contributed by atoms with Gasteiger partial charge in [0.1, 0.15) is 11.5 Å². The number of hydrogen-bond donors (Lipinski definition) is 3. The number of alkyl halides is 3. The van der Waals surface area contributed by atoms with E-state index in [1.54, 1.807) is 7.11 Å². The second-order valence-corrected chi connectivity index (χ2v) is 13.7. The molecule has 1 saturated heterocycles. The van der Waals surface area contributed by atoms with Crippen molar-refractivity contribution in [3.8, 4) is 0 Å². The molecule has 1 spiro atoms. The highest BCUT2D eigenvalue weighted by Gasteiger charge is 2.78. The number of ketones is 1. The van der Waals surface area contributed by atoms with E-state index < -0.39 is 53.1 Å². The van der Waals surface area contributed by atoms with E-state index >= 15 is 0 Å². The summed E-state index contributed by atoms with van der Waals surface area (Å²) in [5.74, 6) is -4.82. The molecule has 248 valence electrons. The number of halogens is 3. The summed E-state index contributed by atoms with van der Waals surface area (Å²) in [6.07, 6.45) is -2.07. The largest absolute Gasteiger partial charge is 0.490 e. The number of carboxylic acids is 1. The number of carboxylic acid groups (broad SMARTS) is 1. The highest BCUT2D eigenvalue weighted by molar-refractivity contribution is 6.05. The second-order valence-electron chi connectivity index (χ2n) is 13.7. The quantitative estimate of drug-likeness (QED) is 0.304. The molecule has 10 nitrogen and oxygen atoms in total. The summed E-state index contributed by atoms with van der Waals surface area (Å²) in [6, 6.07) is 0. The predicted molar refractivity (Wildman–Crippen MR) is 149 cm³/mol. The zero-order valence-corrected chi connectivity index (χ0v) is 25.7. The van der Waals surface area contributed by atoms with E-state index in [1.807, 2.05) is 0 Å². The maximum absolute atomic E-state index is 14.3. The van der Waals surface area contributed by atoms with Crippen molar-refractivity contribution in [1.29, 1.82) is 0 Å². The lowest BCUT2D eigenvalue weighted by atomic mass is 9.39. The Morgan fingerprint density at radius 2 is 1.80 bits per heavy atom. The number of carbonyl (C=O) groups excluding carboxylic acids is 3. The van der Waals surface area contributed by atoms with Crippen LogP contribution in [0.25, 0.3) is 0 Å². The minimum Gasteiger partial charge on any atom is -0.475 e. The van der Waals surface area contributed by atoms with E-state index in [4.69, 9.17) is 24.1 Å². The fourth-order valence-corrected chi connectivity index (χ4v) is 9.36. The predicted octanol–water partition coefficient (Wildman–Crippen LogP) is 3.45. The molecule has 4 saturated carbocycles. The maximum atomic E-state index is 14.3.